The molecule has 0 aliphatic carbocycles. The van der Waals surface area contributed by atoms with Gasteiger partial charge in [-0.25, -0.2) is 4.79 Å². The molecule has 0 radical (unpaired) electrons. The average molecular weight is 335 g/mol. The van der Waals surface area contributed by atoms with Crippen LogP contribution in [0.1, 0.15) is 29.4 Å². The Morgan fingerprint density at radius 3 is 2.61 bits per heavy atom. The lowest BCUT2D eigenvalue weighted by atomic mass is 10.3. The quantitative estimate of drug-likeness (QED) is 0.726. The predicted molar refractivity (Wildman–Crippen MR) is 89.1 cm³/mol. The van der Waals surface area contributed by atoms with Crippen LogP contribution in [0.15, 0.2) is 34.9 Å². The molecule has 0 saturated carbocycles. The van der Waals surface area contributed by atoms with Crippen LogP contribution in [0.2, 0.25) is 0 Å². The minimum atomic E-state index is -0.625. The van der Waals surface area contributed by atoms with Crippen LogP contribution in [-0.4, -0.2) is 18.0 Å². The van der Waals surface area contributed by atoms with Crippen molar-refractivity contribution in [1.29, 1.82) is 0 Å². The Morgan fingerprint density at radius 1 is 1.17 bits per heavy atom. The van der Waals surface area contributed by atoms with Gasteiger partial charge in [0.2, 0.25) is 5.91 Å². The number of amides is 3. The van der Waals surface area contributed by atoms with E-state index in [9.17, 15) is 9.59 Å². The highest BCUT2D eigenvalue weighted by Gasteiger charge is 2.15. The number of rotatable bonds is 7. The molecule has 0 saturated heterocycles. The van der Waals surface area contributed by atoms with Gasteiger partial charge in [-0.2, -0.15) is 0 Å². The molecule has 1 atom stereocenters. The van der Waals surface area contributed by atoms with Crippen LogP contribution < -0.4 is 16.0 Å². The Balaban J connectivity index is 1.69. The van der Waals surface area contributed by atoms with Gasteiger partial charge < -0.3 is 20.4 Å². The van der Waals surface area contributed by atoms with E-state index in [1.165, 1.54) is 4.88 Å². The van der Waals surface area contributed by atoms with E-state index in [-0.39, 0.29) is 11.9 Å². The highest BCUT2D eigenvalue weighted by Crippen LogP contribution is 2.16. The highest BCUT2D eigenvalue weighted by molar-refractivity contribution is 7.11. The van der Waals surface area contributed by atoms with Crippen molar-refractivity contribution < 1.29 is 14.0 Å². The summed E-state index contributed by atoms with van der Waals surface area (Å²) >= 11 is 1.67. The molecule has 2 rings (SSSR count). The van der Waals surface area contributed by atoms with Crippen LogP contribution in [0.5, 0.6) is 0 Å². The molecule has 6 nitrogen and oxygen atoms in total. The Labute approximate surface area is 139 Å². The van der Waals surface area contributed by atoms with E-state index < -0.39 is 6.04 Å². The number of nitrogens with one attached hydrogen (secondary N) is 3. The van der Waals surface area contributed by atoms with Crippen LogP contribution >= 0.6 is 11.3 Å². The van der Waals surface area contributed by atoms with E-state index >= 15 is 0 Å². The third-order valence-corrected chi connectivity index (χ3v) is 4.48. The van der Waals surface area contributed by atoms with E-state index in [2.05, 4.69) is 28.9 Å². The van der Waals surface area contributed by atoms with Crippen molar-refractivity contribution in [1.82, 2.24) is 16.0 Å². The minimum absolute atomic E-state index is 0.263. The van der Waals surface area contributed by atoms with Gasteiger partial charge in [-0.3, -0.25) is 4.79 Å². The van der Waals surface area contributed by atoms with E-state index in [1.54, 1.807) is 36.7 Å². The lowest BCUT2D eigenvalue weighted by molar-refractivity contribution is -0.122. The SMILES string of the molecule is CCc1ccc(CNC(=O)N[C@H](C)C(=O)NCc2ccco2)s1. The summed E-state index contributed by atoms with van der Waals surface area (Å²) in [5, 5.41) is 8.07. The Kier molecular flexibility index (Phi) is 6.22. The number of thiophene rings is 1. The Morgan fingerprint density at radius 2 is 1.96 bits per heavy atom. The molecule has 3 amide bonds. The normalized spacial score (nSPS) is 11.7. The second-order valence-corrected chi connectivity index (χ2v) is 6.32. The molecule has 0 aliphatic heterocycles. The lowest BCUT2D eigenvalue weighted by Crippen LogP contribution is -2.48. The largest absolute Gasteiger partial charge is 0.467 e. The van der Waals surface area contributed by atoms with Crippen molar-refractivity contribution in [3.05, 3.63) is 46.0 Å². The van der Waals surface area contributed by atoms with Crippen molar-refractivity contribution in [2.75, 3.05) is 0 Å². The fourth-order valence-corrected chi connectivity index (χ4v) is 2.83. The summed E-state index contributed by atoms with van der Waals surface area (Å²) in [5.74, 6) is 0.403. The van der Waals surface area contributed by atoms with Crippen molar-refractivity contribution in [2.24, 2.45) is 0 Å². The molecule has 3 N–H and O–H groups in total. The van der Waals surface area contributed by atoms with E-state index in [1.807, 2.05) is 6.07 Å². The van der Waals surface area contributed by atoms with Gasteiger partial charge >= 0.3 is 6.03 Å². The molecule has 0 bridgehead atoms. The fraction of sp³-hybridized carbons (Fsp3) is 0.375. The van der Waals surface area contributed by atoms with Crippen LogP contribution in [0.4, 0.5) is 4.79 Å². The third kappa shape index (κ3) is 5.45. The zero-order valence-corrected chi connectivity index (χ0v) is 14.0. The fourth-order valence-electron chi connectivity index (χ4n) is 1.93. The number of urea groups is 1. The van der Waals surface area contributed by atoms with Gasteiger partial charge in [0.25, 0.3) is 0 Å². The summed E-state index contributed by atoms with van der Waals surface area (Å²) < 4.78 is 5.13. The molecule has 2 aromatic rings. The van der Waals surface area contributed by atoms with Gasteiger partial charge in [0.05, 0.1) is 19.4 Å². The molecule has 0 unspecified atom stereocenters. The average Bonchev–Trinajstić information content (AvgIpc) is 3.21. The first-order valence-electron chi connectivity index (χ1n) is 7.50. The van der Waals surface area contributed by atoms with Gasteiger partial charge in [0.15, 0.2) is 0 Å². The summed E-state index contributed by atoms with van der Waals surface area (Å²) in [5.41, 5.74) is 0. The van der Waals surface area contributed by atoms with E-state index in [0.717, 1.165) is 11.3 Å². The molecule has 2 heterocycles. The first kappa shape index (κ1) is 17.1. The molecule has 7 heteroatoms. The molecule has 0 fully saturated rings. The summed E-state index contributed by atoms with van der Waals surface area (Å²) in [6.07, 6.45) is 2.54. The third-order valence-electron chi connectivity index (χ3n) is 3.25. The van der Waals surface area contributed by atoms with Crippen LogP contribution in [0, 0.1) is 0 Å². The van der Waals surface area contributed by atoms with Crippen molar-refractivity contribution in [3.8, 4) is 0 Å². The Bertz CT molecular complexity index is 637. The maximum absolute atomic E-state index is 11.9. The molecule has 0 aliphatic rings. The van der Waals surface area contributed by atoms with Gasteiger partial charge in [0, 0.05) is 9.75 Å². The molecule has 0 spiro atoms. The number of hydrogen-bond donors (Lipinski definition) is 3. The maximum Gasteiger partial charge on any atom is 0.315 e. The van der Waals surface area contributed by atoms with E-state index in [4.69, 9.17) is 4.42 Å². The molecule has 0 aromatic carbocycles. The standard InChI is InChI=1S/C16H21N3O3S/c1-3-13-6-7-14(23-13)10-18-16(21)19-11(2)15(20)17-9-12-5-4-8-22-12/h4-8,11H,3,9-10H2,1-2H3,(H,17,20)(H2,18,19,21)/t11-/m1/s1. The number of hydrogen-bond acceptors (Lipinski definition) is 4. The second kappa shape index (κ2) is 8.38. The topological polar surface area (TPSA) is 83.4 Å². The van der Waals surface area contributed by atoms with E-state index in [0.29, 0.717) is 18.8 Å². The van der Waals surface area contributed by atoms with Gasteiger partial charge in [-0.15, -0.1) is 11.3 Å². The summed E-state index contributed by atoms with van der Waals surface area (Å²) in [6, 6.07) is 6.60. The van der Waals surface area contributed by atoms with Crippen molar-refractivity contribution in [2.45, 2.75) is 39.4 Å². The van der Waals surface area contributed by atoms with Gasteiger partial charge in [-0.05, 0) is 37.6 Å². The monoisotopic (exact) mass is 335 g/mol. The Hall–Kier alpha value is -2.28. The van der Waals surface area contributed by atoms with Gasteiger partial charge in [-0.1, -0.05) is 6.92 Å². The minimum Gasteiger partial charge on any atom is -0.467 e. The summed E-state index contributed by atoms with van der Waals surface area (Å²) in [6.45, 7) is 4.49. The molecular formula is C16H21N3O3S. The summed E-state index contributed by atoms with van der Waals surface area (Å²) in [4.78, 5) is 26.1. The number of aryl methyl sites for hydroxylation is 1. The number of carbonyl (C=O) groups is 2. The highest BCUT2D eigenvalue weighted by atomic mass is 32.1. The number of carbonyl (C=O) groups excluding carboxylic acids is 2. The molecule has 124 valence electrons. The second-order valence-electron chi connectivity index (χ2n) is 5.07. The van der Waals surface area contributed by atoms with Crippen LogP contribution in [0.25, 0.3) is 0 Å². The van der Waals surface area contributed by atoms with Crippen molar-refractivity contribution in [3.63, 3.8) is 0 Å². The first-order chi connectivity index (χ1) is 11.1. The van der Waals surface area contributed by atoms with Crippen molar-refractivity contribution >= 4 is 23.3 Å². The molecule has 23 heavy (non-hydrogen) atoms. The summed E-state index contributed by atoms with van der Waals surface area (Å²) in [7, 11) is 0. The van der Waals surface area contributed by atoms with Crippen LogP contribution in [0.3, 0.4) is 0 Å². The number of furan rings is 1. The molecular weight excluding hydrogens is 314 g/mol. The van der Waals surface area contributed by atoms with Crippen LogP contribution in [-0.2, 0) is 24.3 Å². The van der Waals surface area contributed by atoms with Gasteiger partial charge in [0.1, 0.15) is 11.8 Å². The first-order valence-corrected chi connectivity index (χ1v) is 8.32. The lowest BCUT2D eigenvalue weighted by Gasteiger charge is -2.14. The maximum atomic E-state index is 11.9. The zero-order chi connectivity index (χ0) is 16.7. The predicted octanol–water partition coefficient (Wildman–Crippen LogP) is 2.41. The molecule has 2 aromatic heterocycles. The smallest absolute Gasteiger partial charge is 0.315 e. The zero-order valence-electron chi connectivity index (χ0n) is 13.2.